The molecule has 0 heterocycles. The Morgan fingerprint density at radius 2 is 2.00 bits per heavy atom. The van der Waals surface area contributed by atoms with Crippen molar-refractivity contribution in [2.24, 2.45) is 17.3 Å². The molecule has 3 heteroatoms. The van der Waals surface area contributed by atoms with Gasteiger partial charge >= 0.3 is 0 Å². The molecule has 0 aliphatic heterocycles. The average molecular weight is 302 g/mol. The van der Waals surface area contributed by atoms with E-state index in [0.29, 0.717) is 23.5 Å². The van der Waals surface area contributed by atoms with Crippen LogP contribution in [0.15, 0.2) is 18.2 Å². The summed E-state index contributed by atoms with van der Waals surface area (Å²) in [6, 6.07) is 5.80. The van der Waals surface area contributed by atoms with Gasteiger partial charge in [-0.25, -0.2) is 0 Å². The van der Waals surface area contributed by atoms with Crippen molar-refractivity contribution >= 4 is 0 Å². The smallest absolute Gasteiger partial charge is 0.115 e. The van der Waals surface area contributed by atoms with Crippen LogP contribution in [-0.4, -0.2) is 23.4 Å². The molecule has 120 valence electrons. The molecule has 0 spiro atoms. The number of fused-ring (bicyclic) bond motifs is 5. The molecule has 0 radical (unpaired) electrons. The zero-order valence-electron chi connectivity index (χ0n) is 13.5. The fraction of sp³-hybridized carbons (Fsp3) is 0.684. The van der Waals surface area contributed by atoms with E-state index < -0.39 is 0 Å². The van der Waals surface area contributed by atoms with E-state index in [9.17, 15) is 10.2 Å². The van der Waals surface area contributed by atoms with E-state index in [-0.39, 0.29) is 17.6 Å². The van der Waals surface area contributed by atoms with Crippen LogP contribution in [0, 0.1) is 17.3 Å². The zero-order chi connectivity index (χ0) is 15.5. The normalized spacial score (nSPS) is 43.3. The molecule has 2 N–H and O–H groups in total. The van der Waals surface area contributed by atoms with E-state index in [2.05, 4.69) is 13.0 Å². The van der Waals surface area contributed by atoms with Crippen LogP contribution < -0.4 is 0 Å². The third-order valence-electron chi connectivity index (χ3n) is 6.97. The number of benzene rings is 1. The molecule has 22 heavy (non-hydrogen) atoms. The molecule has 2 saturated carbocycles. The second-order valence-electron chi connectivity index (χ2n) is 7.79. The van der Waals surface area contributed by atoms with Crippen molar-refractivity contribution in [1.82, 2.24) is 0 Å². The molecule has 3 aliphatic rings. The summed E-state index contributed by atoms with van der Waals surface area (Å²) in [5.74, 6) is 2.08. The van der Waals surface area contributed by atoms with Crippen LogP contribution in [0.5, 0.6) is 5.75 Å². The van der Waals surface area contributed by atoms with Crippen molar-refractivity contribution in [2.75, 3.05) is 7.11 Å². The first kappa shape index (κ1) is 14.5. The Morgan fingerprint density at radius 1 is 1.18 bits per heavy atom. The van der Waals surface area contributed by atoms with Crippen molar-refractivity contribution in [3.63, 3.8) is 0 Å². The molecule has 2 fully saturated rings. The number of aromatic hydroxyl groups is 1. The van der Waals surface area contributed by atoms with Crippen LogP contribution in [0.2, 0.25) is 0 Å². The number of phenols is 1. The predicted octanol–water partition coefficient (Wildman–Crippen LogP) is 3.75. The lowest BCUT2D eigenvalue weighted by molar-refractivity contribution is -0.0432. The third-order valence-corrected chi connectivity index (χ3v) is 6.97. The summed E-state index contributed by atoms with van der Waals surface area (Å²) in [5, 5.41) is 20.3. The summed E-state index contributed by atoms with van der Waals surface area (Å²) in [4.78, 5) is 0. The van der Waals surface area contributed by atoms with Gasteiger partial charge in [0, 0.05) is 7.11 Å². The Bertz CT molecular complexity index is 584. The Hall–Kier alpha value is -1.06. The lowest BCUT2D eigenvalue weighted by Gasteiger charge is -2.51. The zero-order valence-corrected chi connectivity index (χ0v) is 13.5. The number of aliphatic hydroxyl groups excluding tert-OH is 1. The molecule has 3 nitrogen and oxygen atoms in total. The summed E-state index contributed by atoms with van der Waals surface area (Å²) in [7, 11) is 1.77. The predicted molar refractivity (Wildman–Crippen MR) is 84.8 cm³/mol. The molecule has 0 saturated heterocycles. The number of hydrogen-bond donors (Lipinski definition) is 2. The lowest BCUT2D eigenvalue weighted by atomic mass is 9.55. The minimum absolute atomic E-state index is 0.0726. The SMILES string of the molecule is COC1CC2C(CCC3(C)C(O)CCC23)c2ccc(O)cc21. The maximum absolute atomic E-state index is 10.5. The molecule has 0 amide bonds. The Morgan fingerprint density at radius 3 is 2.77 bits per heavy atom. The highest BCUT2D eigenvalue weighted by Gasteiger charge is 2.55. The van der Waals surface area contributed by atoms with Gasteiger partial charge in [-0.05, 0) is 78.5 Å². The molecular formula is C19H26O3. The van der Waals surface area contributed by atoms with Crippen LogP contribution in [0.25, 0.3) is 0 Å². The molecule has 0 bridgehead atoms. The first-order chi connectivity index (χ1) is 10.5. The van der Waals surface area contributed by atoms with Gasteiger partial charge in [0.1, 0.15) is 5.75 Å². The van der Waals surface area contributed by atoms with Gasteiger partial charge in [-0.3, -0.25) is 0 Å². The fourth-order valence-electron chi connectivity index (χ4n) is 5.75. The molecule has 3 aliphatic carbocycles. The molecule has 6 unspecified atom stereocenters. The highest BCUT2D eigenvalue weighted by molar-refractivity contribution is 5.41. The maximum atomic E-state index is 10.5. The quantitative estimate of drug-likeness (QED) is 0.830. The Kier molecular flexibility index (Phi) is 3.28. The van der Waals surface area contributed by atoms with Crippen molar-refractivity contribution < 1.29 is 14.9 Å². The van der Waals surface area contributed by atoms with E-state index in [1.807, 2.05) is 12.1 Å². The van der Waals surface area contributed by atoms with Crippen LogP contribution >= 0.6 is 0 Å². The second kappa shape index (κ2) is 4.97. The van der Waals surface area contributed by atoms with Crippen molar-refractivity contribution in [3.05, 3.63) is 29.3 Å². The first-order valence-electron chi connectivity index (χ1n) is 8.58. The summed E-state index contributed by atoms with van der Waals surface area (Å²) < 4.78 is 5.76. The van der Waals surface area contributed by atoms with Crippen LogP contribution in [0.4, 0.5) is 0 Å². The number of rotatable bonds is 1. The third kappa shape index (κ3) is 1.88. The average Bonchev–Trinajstić information content (AvgIpc) is 2.82. The highest BCUT2D eigenvalue weighted by Crippen LogP contribution is 2.62. The van der Waals surface area contributed by atoms with Gasteiger partial charge in [0.05, 0.1) is 12.2 Å². The summed E-state index contributed by atoms with van der Waals surface area (Å²) >= 11 is 0. The number of hydrogen-bond acceptors (Lipinski definition) is 3. The molecule has 6 atom stereocenters. The standard InChI is InChI=1S/C19H26O3/c1-19-8-7-13-12-4-3-11(20)9-15(12)17(22-2)10-14(13)16(19)5-6-18(19)21/h3-4,9,13-14,16-18,20-21H,5-8,10H2,1-2H3. The van der Waals surface area contributed by atoms with Gasteiger partial charge in [-0.1, -0.05) is 13.0 Å². The molecule has 1 aromatic carbocycles. The monoisotopic (exact) mass is 302 g/mol. The van der Waals surface area contributed by atoms with Crippen LogP contribution in [-0.2, 0) is 4.74 Å². The molecular weight excluding hydrogens is 276 g/mol. The van der Waals surface area contributed by atoms with Crippen molar-refractivity contribution in [3.8, 4) is 5.75 Å². The topological polar surface area (TPSA) is 49.7 Å². The van der Waals surface area contributed by atoms with Gasteiger partial charge in [0.25, 0.3) is 0 Å². The summed E-state index contributed by atoms with van der Waals surface area (Å²) in [5.41, 5.74) is 2.63. The van der Waals surface area contributed by atoms with Gasteiger partial charge in [-0.2, -0.15) is 0 Å². The van der Waals surface area contributed by atoms with Crippen molar-refractivity contribution in [2.45, 2.75) is 57.2 Å². The van der Waals surface area contributed by atoms with E-state index in [0.717, 1.165) is 32.1 Å². The van der Waals surface area contributed by atoms with E-state index in [4.69, 9.17) is 4.74 Å². The number of aliphatic hydroxyl groups is 1. The van der Waals surface area contributed by atoms with Crippen LogP contribution in [0.3, 0.4) is 0 Å². The number of ether oxygens (including phenoxy) is 1. The summed E-state index contributed by atoms with van der Waals surface area (Å²) in [6.45, 7) is 2.29. The summed E-state index contributed by atoms with van der Waals surface area (Å²) in [6.07, 6.45) is 5.29. The minimum atomic E-state index is -0.138. The number of phenolic OH excluding ortho intramolecular Hbond substituents is 1. The number of methoxy groups -OCH3 is 1. The minimum Gasteiger partial charge on any atom is -0.508 e. The molecule has 0 aromatic heterocycles. The van der Waals surface area contributed by atoms with Crippen molar-refractivity contribution in [1.29, 1.82) is 0 Å². The highest BCUT2D eigenvalue weighted by atomic mass is 16.5. The maximum Gasteiger partial charge on any atom is 0.115 e. The largest absolute Gasteiger partial charge is 0.508 e. The molecule has 1 aromatic rings. The van der Waals surface area contributed by atoms with Gasteiger partial charge in [-0.15, -0.1) is 0 Å². The van der Waals surface area contributed by atoms with Gasteiger partial charge < -0.3 is 14.9 Å². The lowest BCUT2D eigenvalue weighted by Crippen LogP contribution is -2.44. The van der Waals surface area contributed by atoms with E-state index >= 15 is 0 Å². The van der Waals surface area contributed by atoms with E-state index in [1.165, 1.54) is 11.1 Å². The van der Waals surface area contributed by atoms with E-state index in [1.54, 1.807) is 7.11 Å². The van der Waals surface area contributed by atoms with Gasteiger partial charge in [0.15, 0.2) is 0 Å². The Labute approximate surface area is 132 Å². The first-order valence-corrected chi connectivity index (χ1v) is 8.58. The fourth-order valence-corrected chi connectivity index (χ4v) is 5.75. The van der Waals surface area contributed by atoms with Gasteiger partial charge in [0.2, 0.25) is 0 Å². The molecule has 4 rings (SSSR count). The Balaban J connectivity index is 1.76. The second-order valence-corrected chi connectivity index (χ2v) is 7.79. The van der Waals surface area contributed by atoms with Crippen LogP contribution in [0.1, 0.15) is 62.2 Å².